The third-order valence-corrected chi connectivity index (χ3v) is 5.46. The summed E-state index contributed by atoms with van der Waals surface area (Å²) in [5.41, 5.74) is 8.15. The van der Waals surface area contributed by atoms with Crippen molar-refractivity contribution < 1.29 is 14.7 Å². The van der Waals surface area contributed by atoms with Crippen LogP contribution in [0.2, 0.25) is 0 Å². The molecule has 0 fully saturated rings. The minimum absolute atomic E-state index is 0.196. The van der Waals surface area contributed by atoms with Crippen LogP contribution in [0.25, 0.3) is 0 Å². The van der Waals surface area contributed by atoms with Gasteiger partial charge in [-0.25, -0.2) is 4.79 Å². The summed E-state index contributed by atoms with van der Waals surface area (Å²) in [6.45, 7) is 0.750. The summed E-state index contributed by atoms with van der Waals surface area (Å²) in [7, 11) is 3.68. The van der Waals surface area contributed by atoms with Gasteiger partial charge in [0.05, 0.1) is 11.6 Å². The summed E-state index contributed by atoms with van der Waals surface area (Å²) in [6.07, 6.45) is 1.20. The Morgan fingerprint density at radius 2 is 1.96 bits per heavy atom. The molecule has 0 saturated heterocycles. The molecular formula is C21H25N3O3. The van der Waals surface area contributed by atoms with Gasteiger partial charge < -0.3 is 16.2 Å². The number of primary amides is 1. The van der Waals surface area contributed by atoms with Crippen molar-refractivity contribution in [1.29, 1.82) is 0 Å². The van der Waals surface area contributed by atoms with Crippen LogP contribution in [0.5, 0.6) is 0 Å². The maximum absolute atomic E-state index is 12.8. The third kappa shape index (κ3) is 3.46. The number of benzene rings is 2. The van der Waals surface area contributed by atoms with E-state index in [-0.39, 0.29) is 11.6 Å². The topological polar surface area (TPSA) is 95.7 Å². The van der Waals surface area contributed by atoms with Crippen molar-refractivity contribution in [3.63, 3.8) is 0 Å². The van der Waals surface area contributed by atoms with Crippen LogP contribution in [0, 0.1) is 0 Å². The van der Waals surface area contributed by atoms with Gasteiger partial charge in [0.15, 0.2) is 0 Å². The number of carboxylic acids is 1. The summed E-state index contributed by atoms with van der Waals surface area (Å²) < 4.78 is 0. The Morgan fingerprint density at radius 3 is 2.63 bits per heavy atom. The molecule has 142 valence electrons. The second kappa shape index (κ2) is 7.50. The number of likely N-dealkylation sites (N-methyl/N-ethyl adjacent to an activating group) is 1. The number of hydrogen-bond acceptors (Lipinski definition) is 4. The van der Waals surface area contributed by atoms with Crippen LogP contribution in [0.4, 0.5) is 0 Å². The SMILES string of the molecule is CN(C)C(Cc1cccc(C(=O)O)c1)(C(N)=O)C1NCCc2ccccc21. The van der Waals surface area contributed by atoms with Crippen LogP contribution in [-0.4, -0.2) is 48.1 Å². The predicted molar refractivity (Wildman–Crippen MR) is 104 cm³/mol. The first-order valence-electron chi connectivity index (χ1n) is 8.97. The van der Waals surface area contributed by atoms with E-state index in [1.54, 1.807) is 18.2 Å². The fourth-order valence-electron chi connectivity index (χ4n) is 4.02. The van der Waals surface area contributed by atoms with Crippen LogP contribution < -0.4 is 11.1 Å². The van der Waals surface area contributed by atoms with E-state index in [0.29, 0.717) is 6.42 Å². The molecule has 1 amide bonds. The minimum atomic E-state index is -1.03. The van der Waals surface area contributed by atoms with E-state index >= 15 is 0 Å². The fourth-order valence-corrected chi connectivity index (χ4v) is 4.02. The number of carbonyl (C=O) groups excluding carboxylic acids is 1. The van der Waals surface area contributed by atoms with Gasteiger partial charge in [0.1, 0.15) is 5.54 Å². The first-order valence-corrected chi connectivity index (χ1v) is 8.97. The first-order chi connectivity index (χ1) is 12.9. The van der Waals surface area contributed by atoms with E-state index in [1.165, 1.54) is 5.56 Å². The van der Waals surface area contributed by atoms with Gasteiger partial charge in [0, 0.05) is 6.42 Å². The number of amides is 1. The minimum Gasteiger partial charge on any atom is -0.478 e. The Hall–Kier alpha value is -2.70. The van der Waals surface area contributed by atoms with Crippen molar-refractivity contribution in [1.82, 2.24) is 10.2 Å². The van der Waals surface area contributed by atoms with Crippen LogP contribution >= 0.6 is 0 Å². The number of hydrogen-bond donors (Lipinski definition) is 3. The van der Waals surface area contributed by atoms with Crippen LogP contribution in [0.1, 0.15) is 33.1 Å². The van der Waals surface area contributed by atoms with Crippen molar-refractivity contribution in [2.75, 3.05) is 20.6 Å². The van der Waals surface area contributed by atoms with Gasteiger partial charge in [0.25, 0.3) is 0 Å². The van der Waals surface area contributed by atoms with Crippen LogP contribution in [0.3, 0.4) is 0 Å². The lowest BCUT2D eigenvalue weighted by Crippen LogP contribution is -2.64. The van der Waals surface area contributed by atoms with E-state index in [0.717, 1.165) is 24.1 Å². The molecule has 0 aliphatic carbocycles. The number of nitrogens with two attached hydrogens (primary N) is 1. The highest BCUT2D eigenvalue weighted by Gasteiger charge is 2.48. The van der Waals surface area contributed by atoms with Gasteiger partial charge in [-0.15, -0.1) is 0 Å². The Balaban J connectivity index is 2.10. The average Bonchev–Trinajstić information content (AvgIpc) is 2.65. The standard InChI is InChI=1S/C21H25N3O3/c1-24(2)21(20(22)27,13-14-6-5-8-16(12-14)19(25)26)18-17-9-4-3-7-15(17)10-11-23-18/h3-9,12,18,23H,10-11,13H2,1-2H3,(H2,22,27)(H,25,26). The Labute approximate surface area is 159 Å². The number of carbonyl (C=O) groups is 2. The molecule has 0 saturated carbocycles. The van der Waals surface area contributed by atoms with E-state index in [1.807, 2.05) is 43.3 Å². The maximum Gasteiger partial charge on any atom is 0.335 e. The Bertz CT molecular complexity index is 865. The zero-order valence-electron chi connectivity index (χ0n) is 15.6. The smallest absolute Gasteiger partial charge is 0.335 e. The van der Waals surface area contributed by atoms with Crippen molar-refractivity contribution >= 4 is 11.9 Å². The van der Waals surface area contributed by atoms with Crippen molar-refractivity contribution in [2.24, 2.45) is 5.73 Å². The van der Waals surface area contributed by atoms with Gasteiger partial charge in [0.2, 0.25) is 5.91 Å². The summed E-state index contributed by atoms with van der Waals surface area (Å²) in [5.74, 6) is -1.44. The zero-order chi connectivity index (χ0) is 19.6. The summed E-state index contributed by atoms with van der Waals surface area (Å²) in [5, 5.41) is 12.8. The molecular weight excluding hydrogens is 342 g/mol. The van der Waals surface area contributed by atoms with Crippen LogP contribution in [-0.2, 0) is 17.6 Å². The Morgan fingerprint density at radius 1 is 1.22 bits per heavy atom. The zero-order valence-corrected chi connectivity index (χ0v) is 15.6. The second-order valence-electron chi connectivity index (χ2n) is 7.20. The van der Waals surface area contributed by atoms with Gasteiger partial charge in [-0.3, -0.25) is 9.69 Å². The molecule has 1 aliphatic rings. The molecule has 6 nitrogen and oxygen atoms in total. The molecule has 3 rings (SSSR count). The molecule has 2 aromatic rings. The van der Waals surface area contributed by atoms with E-state index in [4.69, 9.17) is 5.73 Å². The fraction of sp³-hybridized carbons (Fsp3) is 0.333. The molecule has 0 aromatic heterocycles. The normalized spacial score (nSPS) is 18.6. The predicted octanol–water partition coefficient (Wildman–Crippen LogP) is 1.60. The second-order valence-corrected chi connectivity index (χ2v) is 7.20. The average molecular weight is 367 g/mol. The van der Waals surface area contributed by atoms with Gasteiger partial charge >= 0.3 is 5.97 Å². The van der Waals surface area contributed by atoms with E-state index in [9.17, 15) is 14.7 Å². The lowest BCUT2D eigenvalue weighted by molar-refractivity contribution is -0.131. The quantitative estimate of drug-likeness (QED) is 0.721. The molecule has 6 heteroatoms. The molecule has 0 spiro atoms. The molecule has 0 bridgehead atoms. The van der Waals surface area contributed by atoms with Gasteiger partial charge in [-0.2, -0.15) is 0 Å². The number of fused-ring (bicyclic) bond motifs is 1. The first kappa shape index (κ1) is 19.1. The molecule has 2 unspecified atom stereocenters. The third-order valence-electron chi connectivity index (χ3n) is 5.46. The summed E-state index contributed by atoms with van der Waals surface area (Å²) in [6, 6.07) is 14.5. The number of rotatable bonds is 6. The number of carboxylic acid groups (broad SMARTS) is 1. The van der Waals surface area contributed by atoms with Gasteiger partial charge in [-0.05, 0) is 55.9 Å². The lowest BCUT2D eigenvalue weighted by Gasteiger charge is -2.46. The molecule has 1 heterocycles. The van der Waals surface area contributed by atoms with Crippen molar-refractivity contribution in [3.8, 4) is 0 Å². The lowest BCUT2D eigenvalue weighted by atomic mass is 9.75. The number of aromatic carboxylic acids is 1. The molecule has 2 atom stereocenters. The van der Waals surface area contributed by atoms with E-state index in [2.05, 4.69) is 11.4 Å². The highest BCUT2D eigenvalue weighted by atomic mass is 16.4. The van der Waals surface area contributed by atoms with Crippen molar-refractivity contribution in [2.45, 2.75) is 24.4 Å². The highest BCUT2D eigenvalue weighted by Crippen LogP contribution is 2.37. The maximum atomic E-state index is 12.8. The molecule has 27 heavy (non-hydrogen) atoms. The Kier molecular flexibility index (Phi) is 5.30. The molecule has 4 N–H and O–H groups in total. The summed E-state index contributed by atoms with van der Waals surface area (Å²) >= 11 is 0. The number of nitrogens with one attached hydrogen (secondary N) is 1. The molecule has 2 aromatic carbocycles. The van der Waals surface area contributed by atoms with Crippen LogP contribution in [0.15, 0.2) is 48.5 Å². The highest BCUT2D eigenvalue weighted by molar-refractivity contribution is 5.88. The summed E-state index contributed by atoms with van der Waals surface area (Å²) in [4.78, 5) is 26.0. The number of nitrogens with zero attached hydrogens (tertiary/aromatic N) is 1. The monoisotopic (exact) mass is 367 g/mol. The van der Waals surface area contributed by atoms with E-state index < -0.39 is 17.4 Å². The van der Waals surface area contributed by atoms with Crippen molar-refractivity contribution in [3.05, 3.63) is 70.8 Å². The molecule has 1 aliphatic heterocycles. The largest absolute Gasteiger partial charge is 0.478 e. The molecule has 0 radical (unpaired) electrons. The van der Waals surface area contributed by atoms with Gasteiger partial charge in [-0.1, -0.05) is 36.4 Å².